The molecule has 1 amide bonds. The molecule has 1 aliphatic heterocycles. The predicted octanol–water partition coefficient (Wildman–Crippen LogP) is 3.22. The molecule has 2 rings (SSSR count). The van der Waals surface area contributed by atoms with E-state index in [0.29, 0.717) is 0 Å². The molecule has 4 heteroatoms. The fourth-order valence-corrected chi connectivity index (χ4v) is 2.90. The molecule has 0 spiro atoms. The van der Waals surface area contributed by atoms with E-state index >= 15 is 0 Å². The number of nitrogens with zero attached hydrogens (tertiary/aromatic N) is 1. The minimum Gasteiger partial charge on any atom is -0.352 e. The van der Waals surface area contributed by atoms with E-state index in [1.807, 2.05) is 18.2 Å². The normalized spacial score (nSPS) is 15.8. The Labute approximate surface area is 117 Å². The number of halogens is 1. The summed E-state index contributed by atoms with van der Waals surface area (Å²) in [6.07, 6.45) is 1.85. The first kappa shape index (κ1) is 12.7. The third-order valence-corrected chi connectivity index (χ3v) is 4.40. The average Bonchev–Trinajstić information content (AvgIpc) is 2.39. The van der Waals surface area contributed by atoms with Crippen LogP contribution in [0.15, 0.2) is 35.9 Å². The molecular formula is C13H13BINO. The van der Waals surface area contributed by atoms with Crippen LogP contribution in [0.2, 0.25) is 0 Å². The zero-order valence-corrected chi connectivity index (χ0v) is 11.7. The van der Waals surface area contributed by atoms with Gasteiger partial charge in [0.25, 0.3) is 0 Å². The van der Waals surface area contributed by atoms with Gasteiger partial charge < -0.3 is 4.90 Å². The van der Waals surface area contributed by atoms with Crippen LogP contribution in [0, 0.1) is 0 Å². The molecule has 0 atom stereocenters. The molecule has 1 aliphatic rings. The molecule has 86 valence electrons. The second-order valence-electron chi connectivity index (χ2n) is 4.11. The molecule has 0 bridgehead atoms. The molecule has 0 saturated carbocycles. The van der Waals surface area contributed by atoms with E-state index in [-0.39, 0.29) is 5.81 Å². The van der Waals surface area contributed by atoms with E-state index in [2.05, 4.69) is 34.7 Å². The van der Waals surface area contributed by atoms with Gasteiger partial charge in [-0.2, -0.15) is 0 Å². The molecule has 0 N–H and O–H groups in total. The van der Waals surface area contributed by atoms with Crippen LogP contribution in [-0.2, 0) is 0 Å². The summed E-state index contributed by atoms with van der Waals surface area (Å²) < 4.78 is 1.31. The Kier molecular flexibility index (Phi) is 4.26. The lowest BCUT2D eigenvalue weighted by molar-refractivity contribution is 0.217. The summed E-state index contributed by atoms with van der Waals surface area (Å²) in [4.78, 5) is 12.7. The summed E-state index contributed by atoms with van der Waals surface area (Å²) in [6, 6.07) is 10.4. The largest absolute Gasteiger partial charge is 0.352 e. The second-order valence-corrected chi connectivity index (χ2v) is 5.19. The van der Waals surface area contributed by atoms with Crippen LogP contribution >= 0.6 is 22.6 Å². The Morgan fingerprint density at radius 2 is 1.76 bits per heavy atom. The minimum atomic E-state index is -0.307. The lowest BCUT2D eigenvalue weighted by Gasteiger charge is -2.28. The highest BCUT2D eigenvalue weighted by Gasteiger charge is 2.17. The van der Waals surface area contributed by atoms with Crippen molar-refractivity contribution in [2.45, 2.75) is 12.8 Å². The van der Waals surface area contributed by atoms with Gasteiger partial charge in [0.2, 0.25) is 7.85 Å². The fourth-order valence-electron chi connectivity index (χ4n) is 2.01. The summed E-state index contributed by atoms with van der Waals surface area (Å²) in [6.45, 7) is 1.48. The Balaban J connectivity index is 2.11. The molecule has 1 fully saturated rings. The van der Waals surface area contributed by atoms with Crippen molar-refractivity contribution < 1.29 is 4.79 Å². The number of amides is 1. The molecule has 2 nitrogen and oxygen atoms in total. The Bertz CT molecular complexity index is 434. The lowest BCUT2D eigenvalue weighted by Crippen LogP contribution is -2.35. The molecule has 0 aliphatic carbocycles. The number of carbonyl (C=O) groups excluding carboxylic acids is 1. The second kappa shape index (κ2) is 5.71. The van der Waals surface area contributed by atoms with Crippen molar-refractivity contribution in [3.8, 4) is 0 Å². The van der Waals surface area contributed by atoms with E-state index in [1.165, 1.54) is 14.7 Å². The van der Waals surface area contributed by atoms with Crippen LogP contribution in [-0.4, -0.2) is 31.6 Å². The van der Waals surface area contributed by atoms with Gasteiger partial charge in [-0.15, -0.1) is 0 Å². The number of carbonyl (C=O) groups is 1. The molecule has 1 heterocycles. The quantitative estimate of drug-likeness (QED) is 0.569. The van der Waals surface area contributed by atoms with Gasteiger partial charge in [-0.25, -0.2) is 0 Å². The number of rotatable bonds is 1. The third kappa shape index (κ3) is 3.12. The van der Waals surface area contributed by atoms with Gasteiger partial charge in [-0.05, 0) is 41.0 Å². The summed E-state index contributed by atoms with van der Waals surface area (Å²) in [7, 11) is 5.27. The van der Waals surface area contributed by atoms with E-state index in [0.717, 1.165) is 25.9 Å². The van der Waals surface area contributed by atoms with Crippen molar-refractivity contribution in [1.82, 2.24) is 4.90 Å². The van der Waals surface area contributed by atoms with Gasteiger partial charge in [-0.1, -0.05) is 35.9 Å². The van der Waals surface area contributed by atoms with E-state index in [9.17, 15) is 4.79 Å². The monoisotopic (exact) mass is 337 g/mol. The highest BCUT2D eigenvalue weighted by molar-refractivity contribution is 14.1. The van der Waals surface area contributed by atoms with E-state index in [1.54, 1.807) is 4.90 Å². The summed E-state index contributed by atoms with van der Waals surface area (Å²) in [5, 5.41) is 0. The maximum absolute atomic E-state index is 11.0. The van der Waals surface area contributed by atoms with Crippen molar-refractivity contribution in [3.63, 3.8) is 0 Å². The van der Waals surface area contributed by atoms with Gasteiger partial charge in [0.05, 0.1) is 0 Å². The van der Waals surface area contributed by atoms with Crippen LogP contribution < -0.4 is 0 Å². The number of likely N-dealkylation sites (tertiary alicyclic amines) is 1. The van der Waals surface area contributed by atoms with E-state index in [4.69, 9.17) is 7.85 Å². The summed E-state index contributed by atoms with van der Waals surface area (Å²) in [5.41, 5.74) is 2.69. The smallest absolute Gasteiger partial charge is 0.200 e. The average molecular weight is 337 g/mol. The van der Waals surface area contributed by atoms with Gasteiger partial charge >= 0.3 is 0 Å². The van der Waals surface area contributed by atoms with Crippen LogP contribution in [0.5, 0.6) is 0 Å². The molecule has 17 heavy (non-hydrogen) atoms. The standard InChI is InChI=1S/C13H13BINO/c14-13(17)16-8-6-11(7-9-16)12(15)10-4-2-1-3-5-10/h1-5H,6-9H2. The molecule has 2 radical (unpaired) electrons. The molecule has 0 unspecified atom stereocenters. The van der Waals surface area contributed by atoms with E-state index < -0.39 is 0 Å². The maximum Gasteiger partial charge on any atom is 0.200 e. The van der Waals surface area contributed by atoms with Crippen LogP contribution in [0.4, 0.5) is 4.79 Å². The molecule has 1 aromatic carbocycles. The number of piperidine rings is 1. The van der Waals surface area contributed by atoms with Gasteiger partial charge in [0.1, 0.15) is 0 Å². The van der Waals surface area contributed by atoms with Gasteiger partial charge in [0.15, 0.2) is 5.81 Å². The minimum absolute atomic E-state index is 0.307. The Hall–Kier alpha value is -0.775. The first-order chi connectivity index (χ1) is 8.18. The number of hydrogen-bond acceptors (Lipinski definition) is 1. The molecule has 1 saturated heterocycles. The van der Waals surface area contributed by atoms with Crippen molar-refractivity contribution >= 4 is 39.8 Å². The topological polar surface area (TPSA) is 20.3 Å². The summed E-state index contributed by atoms with van der Waals surface area (Å²) in [5.74, 6) is -0.307. The molecular weight excluding hydrogens is 324 g/mol. The first-order valence-electron chi connectivity index (χ1n) is 5.66. The maximum atomic E-state index is 11.0. The van der Waals surface area contributed by atoms with Crippen molar-refractivity contribution in [1.29, 1.82) is 0 Å². The number of hydrogen-bond donors (Lipinski definition) is 0. The third-order valence-electron chi connectivity index (χ3n) is 3.02. The van der Waals surface area contributed by atoms with Crippen molar-refractivity contribution in [2.75, 3.05) is 13.1 Å². The van der Waals surface area contributed by atoms with Crippen LogP contribution in [0.25, 0.3) is 3.58 Å². The van der Waals surface area contributed by atoms with Gasteiger partial charge in [0, 0.05) is 16.7 Å². The highest BCUT2D eigenvalue weighted by Crippen LogP contribution is 2.31. The predicted molar refractivity (Wildman–Crippen MR) is 79.3 cm³/mol. The zero-order valence-electron chi connectivity index (χ0n) is 9.53. The van der Waals surface area contributed by atoms with Crippen LogP contribution in [0.1, 0.15) is 18.4 Å². The van der Waals surface area contributed by atoms with Crippen LogP contribution in [0.3, 0.4) is 0 Å². The van der Waals surface area contributed by atoms with Crippen molar-refractivity contribution in [3.05, 3.63) is 41.5 Å². The lowest BCUT2D eigenvalue weighted by atomic mass is 9.98. The SMILES string of the molecule is [B]C(=O)N1CCC(=C(I)c2ccccc2)CC1. The highest BCUT2D eigenvalue weighted by atomic mass is 127. The molecule has 1 aromatic rings. The van der Waals surface area contributed by atoms with Crippen molar-refractivity contribution in [2.24, 2.45) is 0 Å². The Morgan fingerprint density at radius 3 is 2.29 bits per heavy atom. The Morgan fingerprint density at radius 1 is 1.18 bits per heavy atom. The first-order valence-corrected chi connectivity index (χ1v) is 6.73. The van der Waals surface area contributed by atoms with Gasteiger partial charge in [-0.3, -0.25) is 4.79 Å². The molecule has 0 aromatic heterocycles. The fraction of sp³-hybridized carbons (Fsp3) is 0.308. The summed E-state index contributed by atoms with van der Waals surface area (Å²) >= 11 is 2.40. The zero-order chi connectivity index (χ0) is 12.3. The number of benzene rings is 1.